The minimum atomic E-state index is -0.545. The highest BCUT2D eigenvalue weighted by molar-refractivity contribution is 5.81. The summed E-state index contributed by atoms with van der Waals surface area (Å²) < 4.78 is 11.4. The molecule has 4 nitrogen and oxygen atoms in total. The SMILES string of the molecule is COc1ccc([C@H](CC(C)C)NC(=O)[C@H](C)Oc2cccc3c2CCCC3)cc1. The van der Waals surface area contributed by atoms with Gasteiger partial charge in [-0.1, -0.05) is 38.1 Å². The number of ether oxygens (including phenoxy) is 2. The molecule has 0 heterocycles. The predicted octanol–water partition coefficient (Wildman–Crippen LogP) is 5.24. The number of nitrogens with one attached hydrogen (secondary N) is 1. The van der Waals surface area contributed by atoms with Crippen molar-refractivity contribution in [1.82, 2.24) is 5.32 Å². The maximum atomic E-state index is 12.9. The maximum absolute atomic E-state index is 12.9. The summed E-state index contributed by atoms with van der Waals surface area (Å²) in [4.78, 5) is 12.9. The van der Waals surface area contributed by atoms with Crippen LogP contribution in [-0.2, 0) is 17.6 Å². The Balaban J connectivity index is 1.70. The van der Waals surface area contributed by atoms with E-state index in [4.69, 9.17) is 9.47 Å². The lowest BCUT2D eigenvalue weighted by Gasteiger charge is -2.25. The number of rotatable bonds is 8. The largest absolute Gasteiger partial charge is 0.497 e. The average molecular weight is 396 g/mol. The number of amides is 1. The Labute approximate surface area is 174 Å². The number of hydrogen-bond acceptors (Lipinski definition) is 3. The Morgan fingerprint density at radius 2 is 1.76 bits per heavy atom. The molecule has 1 amide bonds. The summed E-state index contributed by atoms with van der Waals surface area (Å²) in [5, 5.41) is 3.20. The molecule has 0 fully saturated rings. The van der Waals surface area contributed by atoms with Crippen LogP contribution in [-0.4, -0.2) is 19.1 Å². The summed E-state index contributed by atoms with van der Waals surface area (Å²) in [6.07, 6.45) is 4.86. The van der Waals surface area contributed by atoms with Crippen molar-refractivity contribution >= 4 is 5.91 Å². The molecule has 29 heavy (non-hydrogen) atoms. The van der Waals surface area contributed by atoms with E-state index in [1.807, 2.05) is 43.3 Å². The molecule has 0 saturated heterocycles. The molecular formula is C25H33NO3. The van der Waals surface area contributed by atoms with Crippen LogP contribution in [0.1, 0.15) is 62.8 Å². The molecule has 1 aliphatic carbocycles. The molecule has 156 valence electrons. The quantitative estimate of drug-likeness (QED) is 0.664. The molecule has 0 aromatic heterocycles. The van der Waals surface area contributed by atoms with Gasteiger partial charge in [0.15, 0.2) is 6.10 Å². The third-order valence-electron chi connectivity index (χ3n) is 5.57. The van der Waals surface area contributed by atoms with Crippen molar-refractivity contribution in [2.24, 2.45) is 5.92 Å². The Bertz CT molecular complexity index is 813. The van der Waals surface area contributed by atoms with Crippen LogP contribution >= 0.6 is 0 Å². The van der Waals surface area contributed by atoms with Crippen LogP contribution in [0, 0.1) is 5.92 Å². The molecule has 0 radical (unpaired) electrons. The van der Waals surface area contributed by atoms with Crippen molar-refractivity contribution in [3.8, 4) is 11.5 Å². The standard InChI is InChI=1S/C25H33NO3/c1-17(2)16-23(20-12-14-21(28-4)15-13-20)26-25(27)18(3)29-24-11-7-9-19-8-5-6-10-22(19)24/h7,9,11-15,17-18,23H,5-6,8,10,16H2,1-4H3,(H,26,27)/t18-,23-/m0/s1. The second kappa shape index (κ2) is 9.82. The predicted molar refractivity (Wildman–Crippen MR) is 117 cm³/mol. The lowest BCUT2D eigenvalue weighted by molar-refractivity contribution is -0.128. The molecule has 1 N–H and O–H groups in total. The first kappa shape index (κ1) is 21.2. The minimum Gasteiger partial charge on any atom is -0.497 e. The zero-order valence-corrected chi connectivity index (χ0v) is 18.0. The van der Waals surface area contributed by atoms with Crippen molar-refractivity contribution in [3.05, 3.63) is 59.2 Å². The van der Waals surface area contributed by atoms with Crippen LogP contribution in [0.4, 0.5) is 0 Å². The molecule has 4 heteroatoms. The highest BCUT2D eigenvalue weighted by atomic mass is 16.5. The monoisotopic (exact) mass is 395 g/mol. The van der Waals surface area contributed by atoms with Crippen molar-refractivity contribution in [2.75, 3.05) is 7.11 Å². The summed E-state index contributed by atoms with van der Waals surface area (Å²) in [5.41, 5.74) is 3.71. The third kappa shape index (κ3) is 5.53. The van der Waals surface area contributed by atoms with Crippen LogP contribution in [0.5, 0.6) is 11.5 Å². The lowest BCUT2D eigenvalue weighted by atomic mass is 9.91. The molecule has 3 rings (SSSR count). The summed E-state index contributed by atoms with van der Waals surface area (Å²) in [5.74, 6) is 2.04. The lowest BCUT2D eigenvalue weighted by Crippen LogP contribution is -2.39. The van der Waals surface area contributed by atoms with Crippen molar-refractivity contribution in [1.29, 1.82) is 0 Å². The van der Waals surface area contributed by atoms with Gasteiger partial charge in [-0.05, 0) is 79.8 Å². The van der Waals surface area contributed by atoms with Gasteiger partial charge in [0.1, 0.15) is 11.5 Å². The van der Waals surface area contributed by atoms with Gasteiger partial charge >= 0.3 is 0 Å². The second-order valence-electron chi connectivity index (χ2n) is 8.32. The van der Waals surface area contributed by atoms with E-state index in [0.717, 1.165) is 36.3 Å². The molecule has 0 aliphatic heterocycles. The number of fused-ring (bicyclic) bond motifs is 1. The van der Waals surface area contributed by atoms with E-state index < -0.39 is 6.10 Å². The maximum Gasteiger partial charge on any atom is 0.261 e. The average Bonchev–Trinajstić information content (AvgIpc) is 2.73. The van der Waals surface area contributed by atoms with Gasteiger partial charge in [-0.15, -0.1) is 0 Å². The summed E-state index contributed by atoms with van der Waals surface area (Å²) in [6, 6.07) is 14.1. The number of hydrogen-bond donors (Lipinski definition) is 1. The fraction of sp³-hybridized carbons (Fsp3) is 0.480. The molecule has 0 bridgehead atoms. The Morgan fingerprint density at radius 3 is 2.45 bits per heavy atom. The first-order valence-electron chi connectivity index (χ1n) is 10.7. The van der Waals surface area contributed by atoms with E-state index in [-0.39, 0.29) is 11.9 Å². The fourth-order valence-electron chi connectivity index (χ4n) is 3.98. The molecule has 0 saturated carbocycles. The van der Waals surface area contributed by atoms with Crippen LogP contribution < -0.4 is 14.8 Å². The van der Waals surface area contributed by atoms with Crippen LogP contribution in [0.25, 0.3) is 0 Å². The smallest absolute Gasteiger partial charge is 0.261 e. The molecule has 0 unspecified atom stereocenters. The number of benzene rings is 2. The fourth-order valence-corrected chi connectivity index (χ4v) is 3.98. The van der Waals surface area contributed by atoms with E-state index in [9.17, 15) is 4.79 Å². The zero-order chi connectivity index (χ0) is 20.8. The Kier molecular flexibility index (Phi) is 7.18. The minimum absolute atomic E-state index is 0.0517. The van der Waals surface area contributed by atoms with E-state index in [0.29, 0.717) is 5.92 Å². The first-order chi connectivity index (χ1) is 14.0. The van der Waals surface area contributed by atoms with Crippen molar-refractivity contribution in [3.63, 3.8) is 0 Å². The Hall–Kier alpha value is -2.49. The van der Waals surface area contributed by atoms with Gasteiger partial charge in [0.25, 0.3) is 5.91 Å². The number of carbonyl (C=O) groups excluding carboxylic acids is 1. The first-order valence-corrected chi connectivity index (χ1v) is 10.7. The normalized spacial score (nSPS) is 15.3. The van der Waals surface area contributed by atoms with E-state index in [1.165, 1.54) is 24.0 Å². The Morgan fingerprint density at radius 1 is 1.03 bits per heavy atom. The van der Waals surface area contributed by atoms with E-state index in [1.54, 1.807) is 7.11 Å². The van der Waals surface area contributed by atoms with E-state index >= 15 is 0 Å². The van der Waals surface area contributed by atoms with Gasteiger partial charge in [-0.25, -0.2) is 0 Å². The van der Waals surface area contributed by atoms with E-state index in [2.05, 4.69) is 25.2 Å². The molecule has 2 atom stereocenters. The highest BCUT2D eigenvalue weighted by Gasteiger charge is 2.23. The van der Waals surface area contributed by atoms with Gasteiger partial charge in [0.05, 0.1) is 13.2 Å². The molecule has 2 aromatic carbocycles. The van der Waals surface area contributed by atoms with Crippen molar-refractivity contribution in [2.45, 2.75) is 65.0 Å². The molecular weight excluding hydrogens is 362 g/mol. The van der Waals surface area contributed by atoms with Crippen molar-refractivity contribution < 1.29 is 14.3 Å². The van der Waals surface area contributed by atoms with Gasteiger partial charge < -0.3 is 14.8 Å². The highest BCUT2D eigenvalue weighted by Crippen LogP contribution is 2.30. The molecule has 0 spiro atoms. The van der Waals surface area contributed by atoms with Crippen LogP contribution in [0.3, 0.4) is 0 Å². The molecule has 2 aromatic rings. The molecule has 1 aliphatic rings. The van der Waals surface area contributed by atoms with Gasteiger partial charge in [0, 0.05) is 0 Å². The van der Waals surface area contributed by atoms with Gasteiger partial charge in [-0.3, -0.25) is 4.79 Å². The number of carbonyl (C=O) groups is 1. The summed E-state index contributed by atoms with van der Waals surface area (Å²) >= 11 is 0. The van der Waals surface area contributed by atoms with Crippen LogP contribution in [0.2, 0.25) is 0 Å². The zero-order valence-electron chi connectivity index (χ0n) is 18.0. The second-order valence-corrected chi connectivity index (χ2v) is 8.32. The van der Waals surface area contributed by atoms with Crippen LogP contribution in [0.15, 0.2) is 42.5 Å². The number of methoxy groups -OCH3 is 1. The van der Waals surface area contributed by atoms with Gasteiger partial charge in [-0.2, -0.15) is 0 Å². The summed E-state index contributed by atoms with van der Waals surface area (Å²) in [6.45, 7) is 6.16. The summed E-state index contributed by atoms with van der Waals surface area (Å²) in [7, 11) is 1.66. The number of aryl methyl sites for hydroxylation is 1. The topological polar surface area (TPSA) is 47.6 Å². The van der Waals surface area contributed by atoms with Gasteiger partial charge in [0.2, 0.25) is 0 Å². The third-order valence-corrected chi connectivity index (χ3v) is 5.57.